The largest absolute Gasteiger partial charge is 0.417 e. The van der Waals surface area contributed by atoms with E-state index in [0.29, 0.717) is 0 Å². The lowest BCUT2D eigenvalue weighted by Gasteiger charge is -2.28. The van der Waals surface area contributed by atoms with Gasteiger partial charge in [-0.2, -0.15) is 0 Å². The molecular weight excluding hydrogens is 180 g/mol. The number of hydrogen-bond donors (Lipinski definition) is 0. The quantitative estimate of drug-likeness (QED) is 0.619. The Bertz CT molecular complexity index is 138. The third-order valence-corrected chi connectivity index (χ3v) is 2.60. The summed E-state index contributed by atoms with van der Waals surface area (Å²) in [6.45, 7) is 15.4. The van der Waals surface area contributed by atoms with Crippen molar-refractivity contribution in [3.05, 3.63) is 0 Å². The molecule has 0 saturated heterocycles. The molecule has 0 heterocycles. The summed E-state index contributed by atoms with van der Waals surface area (Å²) < 4.78 is 11.2. The highest BCUT2D eigenvalue weighted by atomic mass is 28.4. The van der Waals surface area contributed by atoms with Crippen molar-refractivity contribution in [2.45, 2.75) is 40.4 Å². The molecule has 0 amide bonds. The molecule has 0 aromatic carbocycles. The zero-order valence-electron chi connectivity index (χ0n) is 9.94. The molecule has 80 valence electrons. The molecule has 0 radical (unpaired) electrons. The Morgan fingerprint density at radius 2 is 1.62 bits per heavy atom. The monoisotopic (exact) mass is 204 g/mol. The predicted molar refractivity (Wildman–Crippen MR) is 59.6 cm³/mol. The lowest BCUT2D eigenvalue weighted by molar-refractivity contribution is 0.0389. The van der Waals surface area contributed by atoms with E-state index in [1.165, 1.54) is 0 Å². The highest BCUT2D eigenvalue weighted by molar-refractivity contribution is 6.69. The van der Waals surface area contributed by atoms with Crippen LogP contribution in [0.1, 0.15) is 20.8 Å². The average Bonchev–Trinajstić information content (AvgIpc) is 1.97. The van der Waals surface area contributed by atoms with Gasteiger partial charge in [-0.05, 0) is 26.6 Å². The molecular formula is C10H24O2Si. The van der Waals surface area contributed by atoms with E-state index in [9.17, 15) is 0 Å². The SMILES string of the molecule is CCOCC(C)(C)CO[Si](C)(C)C. The van der Waals surface area contributed by atoms with E-state index < -0.39 is 8.32 Å². The van der Waals surface area contributed by atoms with Crippen LogP contribution >= 0.6 is 0 Å². The van der Waals surface area contributed by atoms with Crippen LogP contribution in [0.3, 0.4) is 0 Å². The normalized spacial score (nSPS) is 13.4. The van der Waals surface area contributed by atoms with Gasteiger partial charge < -0.3 is 9.16 Å². The molecule has 0 aliphatic rings. The van der Waals surface area contributed by atoms with Gasteiger partial charge in [0, 0.05) is 18.6 Å². The highest BCUT2D eigenvalue weighted by Crippen LogP contribution is 2.18. The Morgan fingerprint density at radius 1 is 1.08 bits per heavy atom. The van der Waals surface area contributed by atoms with Crippen LogP contribution in [0.5, 0.6) is 0 Å². The van der Waals surface area contributed by atoms with E-state index in [1.807, 2.05) is 6.92 Å². The first-order valence-corrected chi connectivity index (χ1v) is 8.39. The second-order valence-electron chi connectivity index (χ2n) is 5.20. The first kappa shape index (κ1) is 13.1. The summed E-state index contributed by atoms with van der Waals surface area (Å²) in [6, 6.07) is 0. The Kier molecular flexibility index (Phi) is 5.18. The minimum absolute atomic E-state index is 0.149. The maximum atomic E-state index is 5.85. The Hall–Kier alpha value is 0.137. The van der Waals surface area contributed by atoms with E-state index in [0.717, 1.165) is 19.8 Å². The second kappa shape index (κ2) is 5.13. The maximum Gasteiger partial charge on any atom is 0.183 e. The van der Waals surface area contributed by atoms with Gasteiger partial charge in [-0.3, -0.25) is 0 Å². The minimum atomic E-state index is -1.36. The van der Waals surface area contributed by atoms with Crippen LogP contribution in [0, 0.1) is 5.41 Å². The fourth-order valence-corrected chi connectivity index (χ4v) is 1.66. The van der Waals surface area contributed by atoms with Crippen molar-refractivity contribution in [1.29, 1.82) is 0 Å². The molecule has 0 aliphatic heterocycles. The molecule has 0 aromatic rings. The van der Waals surface area contributed by atoms with Crippen molar-refractivity contribution in [2.24, 2.45) is 5.41 Å². The number of ether oxygens (including phenoxy) is 1. The van der Waals surface area contributed by atoms with Crippen LogP contribution in [0.2, 0.25) is 19.6 Å². The highest BCUT2D eigenvalue weighted by Gasteiger charge is 2.23. The second-order valence-corrected chi connectivity index (χ2v) is 9.72. The molecule has 0 unspecified atom stereocenters. The van der Waals surface area contributed by atoms with Gasteiger partial charge >= 0.3 is 0 Å². The molecule has 2 nitrogen and oxygen atoms in total. The Labute approximate surface area is 83.8 Å². The lowest BCUT2D eigenvalue weighted by Crippen LogP contribution is -2.34. The smallest absolute Gasteiger partial charge is 0.183 e. The summed E-state index contributed by atoms with van der Waals surface area (Å²) in [6.07, 6.45) is 0. The van der Waals surface area contributed by atoms with E-state index in [1.54, 1.807) is 0 Å². The van der Waals surface area contributed by atoms with Crippen molar-refractivity contribution in [3.8, 4) is 0 Å². The van der Waals surface area contributed by atoms with E-state index in [4.69, 9.17) is 9.16 Å². The molecule has 13 heavy (non-hydrogen) atoms. The molecule has 0 rings (SSSR count). The Balaban J connectivity index is 3.75. The molecule has 0 aliphatic carbocycles. The van der Waals surface area contributed by atoms with E-state index in [-0.39, 0.29) is 5.41 Å². The van der Waals surface area contributed by atoms with Crippen molar-refractivity contribution in [3.63, 3.8) is 0 Å². The molecule has 0 bridgehead atoms. The standard InChI is InChI=1S/C10H24O2Si/c1-7-11-8-10(2,3)9-12-13(4,5)6/h7-9H2,1-6H3. The number of rotatable bonds is 6. The van der Waals surface area contributed by atoms with Crippen molar-refractivity contribution >= 4 is 8.32 Å². The summed E-state index contributed by atoms with van der Waals surface area (Å²) >= 11 is 0. The zero-order chi connectivity index (χ0) is 10.5. The van der Waals surface area contributed by atoms with Gasteiger partial charge in [0.25, 0.3) is 0 Å². The van der Waals surface area contributed by atoms with Crippen molar-refractivity contribution < 1.29 is 9.16 Å². The average molecular weight is 204 g/mol. The summed E-state index contributed by atoms with van der Waals surface area (Å²) in [7, 11) is -1.36. The van der Waals surface area contributed by atoms with Gasteiger partial charge in [0.05, 0.1) is 6.61 Å². The van der Waals surface area contributed by atoms with Gasteiger partial charge in [-0.1, -0.05) is 13.8 Å². The minimum Gasteiger partial charge on any atom is -0.417 e. The predicted octanol–water partition coefficient (Wildman–Crippen LogP) is 2.90. The summed E-state index contributed by atoms with van der Waals surface area (Å²) in [5, 5.41) is 0. The third-order valence-electron chi connectivity index (χ3n) is 1.59. The summed E-state index contributed by atoms with van der Waals surface area (Å²) in [5.41, 5.74) is 0.149. The molecule has 0 fully saturated rings. The third kappa shape index (κ3) is 8.47. The summed E-state index contributed by atoms with van der Waals surface area (Å²) in [5.74, 6) is 0. The molecule has 0 N–H and O–H groups in total. The lowest BCUT2D eigenvalue weighted by atomic mass is 9.97. The molecule has 0 spiro atoms. The molecule has 0 saturated carbocycles. The number of hydrogen-bond acceptors (Lipinski definition) is 2. The molecule has 3 heteroatoms. The van der Waals surface area contributed by atoms with E-state index in [2.05, 4.69) is 33.5 Å². The van der Waals surface area contributed by atoms with Crippen LogP contribution in [0.25, 0.3) is 0 Å². The topological polar surface area (TPSA) is 18.5 Å². The molecule has 0 aromatic heterocycles. The van der Waals surface area contributed by atoms with Gasteiger partial charge in [-0.25, -0.2) is 0 Å². The van der Waals surface area contributed by atoms with Crippen LogP contribution in [-0.4, -0.2) is 28.1 Å². The van der Waals surface area contributed by atoms with Gasteiger partial charge in [0.2, 0.25) is 0 Å². The fourth-order valence-electron chi connectivity index (χ4n) is 0.832. The van der Waals surface area contributed by atoms with Crippen LogP contribution in [0.4, 0.5) is 0 Å². The zero-order valence-corrected chi connectivity index (χ0v) is 10.9. The Morgan fingerprint density at radius 3 is 2.00 bits per heavy atom. The fraction of sp³-hybridized carbons (Fsp3) is 1.00. The summed E-state index contributed by atoms with van der Waals surface area (Å²) in [4.78, 5) is 0. The van der Waals surface area contributed by atoms with Crippen molar-refractivity contribution in [2.75, 3.05) is 19.8 Å². The first-order chi connectivity index (χ1) is 5.77. The van der Waals surface area contributed by atoms with Crippen LogP contribution in [0.15, 0.2) is 0 Å². The molecule has 0 atom stereocenters. The van der Waals surface area contributed by atoms with Crippen molar-refractivity contribution in [1.82, 2.24) is 0 Å². The van der Waals surface area contributed by atoms with Crippen LogP contribution in [-0.2, 0) is 9.16 Å². The first-order valence-electron chi connectivity index (χ1n) is 4.98. The van der Waals surface area contributed by atoms with Crippen LogP contribution < -0.4 is 0 Å². The van der Waals surface area contributed by atoms with Gasteiger partial charge in [0.15, 0.2) is 8.32 Å². The van der Waals surface area contributed by atoms with Gasteiger partial charge in [-0.15, -0.1) is 0 Å². The van der Waals surface area contributed by atoms with E-state index >= 15 is 0 Å². The maximum absolute atomic E-state index is 5.85. The van der Waals surface area contributed by atoms with Gasteiger partial charge in [0.1, 0.15) is 0 Å².